The zero-order valence-electron chi connectivity index (χ0n) is 8.51. The second-order valence-corrected chi connectivity index (χ2v) is 3.20. The van der Waals surface area contributed by atoms with Crippen LogP contribution in [0.15, 0.2) is 12.4 Å². The first-order valence-corrected chi connectivity index (χ1v) is 4.84. The Labute approximate surface area is 86.3 Å². The van der Waals surface area contributed by atoms with Gasteiger partial charge in [0.25, 0.3) is 0 Å². The Balaban J connectivity index is 2.40. The lowest BCUT2D eigenvalue weighted by Gasteiger charge is -2.02. The van der Waals surface area contributed by atoms with E-state index in [2.05, 4.69) is 10.4 Å². The predicted octanol–water partition coefficient (Wildman–Crippen LogP) is 1.90. The topological polar surface area (TPSA) is 29.9 Å². The Morgan fingerprint density at radius 2 is 2.20 bits per heavy atom. The molecule has 0 fully saturated rings. The summed E-state index contributed by atoms with van der Waals surface area (Å²) in [6.45, 7) is 4.14. The van der Waals surface area contributed by atoms with Crippen LogP contribution in [0.1, 0.15) is 18.9 Å². The Morgan fingerprint density at radius 3 is 2.73 bits per heavy atom. The highest BCUT2D eigenvalue weighted by molar-refractivity contribution is 5.08. The van der Waals surface area contributed by atoms with Crippen molar-refractivity contribution in [3.05, 3.63) is 18.0 Å². The summed E-state index contributed by atoms with van der Waals surface area (Å²) in [6, 6.07) is 0. The van der Waals surface area contributed by atoms with Crippen molar-refractivity contribution < 1.29 is 13.2 Å². The van der Waals surface area contributed by atoms with Crippen LogP contribution in [0.4, 0.5) is 13.2 Å². The minimum atomic E-state index is -4.29. The first kappa shape index (κ1) is 12.0. The Morgan fingerprint density at radius 1 is 1.47 bits per heavy atom. The highest BCUT2D eigenvalue weighted by atomic mass is 19.4. The molecule has 0 saturated heterocycles. The molecule has 0 saturated carbocycles. The number of hydrogen-bond acceptors (Lipinski definition) is 2. The van der Waals surface area contributed by atoms with E-state index in [1.165, 1.54) is 4.68 Å². The highest BCUT2D eigenvalue weighted by Crippen LogP contribution is 2.28. The summed E-state index contributed by atoms with van der Waals surface area (Å²) < 4.78 is 37.9. The van der Waals surface area contributed by atoms with Crippen molar-refractivity contribution in [1.82, 2.24) is 15.1 Å². The lowest BCUT2D eigenvalue weighted by Crippen LogP contribution is -2.16. The zero-order chi connectivity index (χ0) is 11.3. The van der Waals surface area contributed by atoms with Crippen LogP contribution in [0.3, 0.4) is 0 Å². The summed E-state index contributed by atoms with van der Waals surface area (Å²) in [5, 5.41) is 6.74. The average molecular weight is 221 g/mol. The van der Waals surface area contributed by atoms with E-state index in [4.69, 9.17) is 0 Å². The molecule has 15 heavy (non-hydrogen) atoms. The molecular formula is C9H14F3N3. The van der Waals surface area contributed by atoms with Crippen molar-refractivity contribution in [2.45, 2.75) is 26.1 Å². The predicted molar refractivity (Wildman–Crippen MR) is 50.4 cm³/mol. The van der Waals surface area contributed by atoms with Crippen molar-refractivity contribution in [3.63, 3.8) is 0 Å². The second-order valence-electron chi connectivity index (χ2n) is 3.20. The van der Waals surface area contributed by atoms with Gasteiger partial charge in [0.15, 0.2) is 0 Å². The summed E-state index contributed by atoms with van der Waals surface area (Å²) >= 11 is 0. The van der Waals surface area contributed by atoms with Gasteiger partial charge in [-0.1, -0.05) is 6.92 Å². The largest absolute Gasteiger partial charge is 0.419 e. The molecule has 6 heteroatoms. The Hall–Kier alpha value is -1.04. The fourth-order valence-electron chi connectivity index (χ4n) is 1.18. The first-order chi connectivity index (χ1) is 7.04. The summed E-state index contributed by atoms with van der Waals surface area (Å²) in [5.74, 6) is 0. The van der Waals surface area contributed by atoms with Gasteiger partial charge in [-0.05, 0) is 19.5 Å². The van der Waals surface area contributed by atoms with E-state index in [0.29, 0.717) is 6.54 Å². The molecule has 1 rings (SSSR count). The van der Waals surface area contributed by atoms with Crippen LogP contribution in [0.25, 0.3) is 0 Å². The summed E-state index contributed by atoms with van der Waals surface area (Å²) in [6.07, 6.45) is -1.63. The third-order valence-electron chi connectivity index (χ3n) is 1.95. The monoisotopic (exact) mass is 221 g/mol. The third-order valence-corrected chi connectivity index (χ3v) is 1.95. The van der Waals surface area contributed by atoms with Gasteiger partial charge in [0.1, 0.15) is 0 Å². The number of alkyl halides is 3. The van der Waals surface area contributed by atoms with Gasteiger partial charge in [0.05, 0.1) is 11.8 Å². The van der Waals surface area contributed by atoms with E-state index in [-0.39, 0.29) is 0 Å². The number of hydrogen-bond donors (Lipinski definition) is 1. The van der Waals surface area contributed by atoms with Crippen LogP contribution in [-0.4, -0.2) is 22.9 Å². The molecule has 1 heterocycles. The maximum Gasteiger partial charge on any atom is 0.419 e. The molecule has 3 nitrogen and oxygen atoms in total. The van der Waals surface area contributed by atoms with E-state index < -0.39 is 11.7 Å². The molecule has 0 aromatic carbocycles. The van der Waals surface area contributed by atoms with Crippen molar-refractivity contribution >= 4 is 0 Å². The van der Waals surface area contributed by atoms with Crippen molar-refractivity contribution in [2.75, 3.05) is 13.1 Å². The molecule has 0 bridgehead atoms. The number of rotatable bonds is 5. The second kappa shape index (κ2) is 5.16. The lowest BCUT2D eigenvalue weighted by molar-refractivity contribution is -0.137. The van der Waals surface area contributed by atoms with Crippen molar-refractivity contribution in [3.8, 4) is 0 Å². The van der Waals surface area contributed by atoms with Crippen LogP contribution >= 0.6 is 0 Å². The minimum absolute atomic E-state index is 0.503. The number of aromatic nitrogens is 2. The summed E-state index contributed by atoms with van der Waals surface area (Å²) in [7, 11) is 0. The van der Waals surface area contributed by atoms with Crippen LogP contribution in [0.5, 0.6) is 0 Å². The minimum Gasteiger partial charge on any atom is -0.317 e. The highest BCUT2D eigenvalue weighted by Gasteiger charge is 2.31. The fourth-order valence-corrected chi connectivity index (χ4v) is 1.18. The molecule has 1 aromatic heterocycles. The molecule has 0 spiro atoms. The molecule has 1 aromatic rings. The quantitative estimate of drug-likeness (QED) is 0.769. The van der Waals surface area contributed by atoms with Crippen molar-refractivity contribution in [1.29, 1.82) is 0 Å². The Kier molecular flexibility index (Phi) is 4.14. The molecule has 1 N–H and O–H groups in total. The SMILES string of the molecule is CCNCCCn1cc(C(F)(F)F)cn1. The van der Waals surface area contributed by atoms with Crippen molar-refractivity contribution in [2.24, 2.45) is 0 Å². The number of halogens is 3. The molecule has 0 aliphatic heterocycles. The van der Waals surface area contributed by atoms with Gasteiger partial charge in [-0.2, -0.15) is 18.3 Å². The average Bonchev–Trinajstić information content (AvgIpc) is 2.60. The molecular weight excluding hydrogens is 207 g/mol. The van der Waals surface area contributed by atoms with Gasteiger partial charge >= 0.3 is 6.18 Å². The van der Waals surface area contributed by atoms with E-state index in [0.717, 1.165) is 31.9 Å². The van der Waals surface area contributed by atoms with E-state index >= 15 is 0 Å². The van der Waals surface area contributed by atoms with Crippen LogP contribution in [-0.2, 0) is 12.7 Å². The maximum atomic E-state index is 12.2. The normalized spacial score (nSPS) is 12.0. The molecule has 0 amide bonds. The van der Waals surface area contributed by atoms with E-state index in [1.54, 1.807) is 0 Å². The maximum absolute atomic E-state index is 12.2. The zero-order valence-corrected chi connectivity index (χ0v) is 8.51. The van der Waals surface area contributed by atoms with Gasteiger partial charge in [-0.25, -0.2) is 0 Å². The molecule has 0 atom stereocenters. The molecule has 0 unspecified atom stereocenters. The van der Waals surface area contributed by atoms with Gasteiger partial charge < -0.3 is 5.32 Å². The van der Waals surface area contributed by atoms with E-state index in [1.807, 2.05) is 6.92 Å². The van der Waals surface area contributed by atoms with E-state index in [9.17, 15) is 13.2 Å². The molecule has 0 aliphatic carbocycles. The smallest absolute Gasteiger partial charge is 0.317 e. The van der Waals surface area contributed by atoms with Gasteiger partial charge in [-0.3, -0.25) is 4.68 Å². The lowest BCUT2D eigenvalue weighted by atomic mass is 10.3. The van der Waals surface area contributed by atoms with Gasteiger partial charge in [0, 0.05) is 12.7 Å². The fraction of sp³-hybridized carbons (Fsp3) is 0.667. The molecule has 0 aliphatic rings. The molecule has 0 radical (unpaired) electrons. The van der Waals surface area contributed by atoms with Gasteiger partial charge in [0.2, 0.25) is 0 Å². The van der Waals surface area contributed by atoms with Crippen LogP contribution in [0, 0.1) is 0 Å². The first-order valence-electron chi connectivity index (χ1n) is 4.84. The molecule has 86 valence electrons. The summed E-state index contributed by atoms with van der Waals surface area (Å²) in [5.41, 5.74) is -0.689. The third kappa shape index (κ3) is 3.91. The number of nitrogens with one attached hydrogen (secondary N) is 1. The van der Waals surface area contributed by atoms with Crippen LogP contribution < -0.4 is 5.32 Å². The van der Waals surface area contributed by atoms with Crippen LogP contribution in [0.2, 0.25) is 0 Å². The number of aryl methyl sites for hydroxylation is 1. The van der Waals surface area contributed by atoms with Gasteiger partial charge in [-0.15, -0.1) is 0 Å². The standard InChI is InChI=1S/C9H14F3N3/c1-2-13-4-3-5-15-7-8(6-14-15)9(10,11)12/h6-7,13H,2-5H2,1H3. The Bertz CT molecular complexity index is 293. The summed E-state index contributed by atoms with van der Waals surface area (Å²) in [4.78, 5) is 0. The number of nitrogens with zero attached hydrogens (tertiary/aromatic N) is 2.